The lowest BCUT2D eigenvalue weighted by molar-refractivity contribution is -0.175. The average molecular weight is 492 g/mol. The van der Waals surface area contributed by atoms with E-state index in [1.54, 1.807) is 7.11 Å². The molecule has 0 spiro atoms. The Labute approximate surface area is 215 Å². The number of hydrogen-bond acceptors (Lipinski definition) is 5. The third-order valence-corrected chi connectivity index (χ3v) is 9.25. The number of benzene rings is 2. The molecule has 5 nitrogen and oxygen atoms in total. The van der Waals surface area contributed by atoms with Crippen molar-refractivity contribution in [2.24, 2.45) is 11.8 Å². The number of carbonyl (C=O) groups excluding carboxylic acids is 1. The molecule has 1 aliphatic heterocycles. The monoisotopic (exact) mass is 491 g/mol. The maximum Gasteiger partial charge on any atom is 0.137 e. The first-order valence-electron chi connectivity index (χ1n) is 13.6. The molecule has 1 heterocycles. The van der Waals surface area contributed by atoms with E-state index in [-0.39, 0.29) is 17.7 Å². The highest BCUT2D eigenvalue weighted by Crippen LogP contribution is 2.56. The van der Waals surface area contributed by atoms with Gasteiger partial charge in [-0.15, -0.1) is 0 Å². The summed E-state index contributed by atoms with van der Waals surface area (Å²) in [5, 5.41) is 12.7. The minimum atomic E-state index is -0.991. The van der Waals surface area contributed by atoms with Crippen molar-refractivity contribution < 1.29 is 19.4 Å². The van der Waals surface area contributed by atoms with Gasteiger partial charge in [-0.2, -0.15) is 0 Å². The number of likely N-dealkylation sites (tertiary alicyclic amines) is 1. The highest BCUT2D eigenvalue weighted by Gasteiger charge is 2.63. The lowest BCUT2D eigenvalue weighted by atomic mass is 9.51. The molecule has 0 bridgehead atoms. The van der Waals surface area contributed by atoms with Gasteiger partial charge in [0.15, 0.2) is 0 Å². The van der Waals surface area contributed by atoms with Crippen molar-refractivity contribution in [1.29, 1.82) is 0 Å². The molecule has 194 valence electrons. The molecule has 1 unspecified atom stereocenters. The lowest BCUT2D eigenvalue weighted by Gasteiger charge is -2.61. The topological polar surface area (TPSA) is 59.0 Å². The van der Waals surface area contributed by atoms with Crippen LogP contribution in [0.2, 0.25) is 0 Å². The van der Waals surface area contributed by atoms with Crippen LogP contribution in [0.3, 0.4) is 0 Å². The molecule has 0 aromatic heterocycles. The number of fused-ring (bicyclic) bond motifs is 1. The second-order valence-corrected chi connectivity index (χ2v) is 11.4. The first kappa shape index (κ1) is 25.4. The number of piperidine rings is 1. The number of ether oxygens (including phenoxy) is 2. The normalized spacial score (nSPS) is 30.7. The minimum Gasteiger partial charge on any atom is -0.497 e. The SMILES string of the molecule is COc1ccc(C)c([C@]23CCN(CC4CC4)[C@H](C)[C@]2(O)CC(CCOCc2ccccc2)C(=O)C3)c1. The van der Waals surface area contributed by atoms with Crippen LogP contribution in [-0.4, -0.2) is 54.2 Å². The van der Waals surface area contributed by atoms with Crippen molar-refractivity contribution in [3.63, 3.8) is 0 Å². The standard InChI is InChI=1S/C31H41NO4/c1-22-9-12-27(35-3)17-28(22)30-14-15-32(20-24-10-11-24)23(2)31(30,34)18-26(29(33)19-30)13-16-36-21-25-7-5-4-6-8-25/h4-9,12,17,23-24,26,34H,10-11,13-16,18-21H2,1-3H3/t23-,26?,30-,31-/m1/s1. The molecule has 2 saturated carbocycles. The van der Waals surface area contributed by atoms with Gasteiger partial charge in [0.25, 0.3) is 0 Å². The second kappa shape index (κ2) is 10.3. The van der Waals surface area contributed by atoms with E-state index in [1.807, 2.05) is 24.3 Å². The third-order valence-electron chi connectivity index (χ3n) is 9.25. The maximum absolute atomic E-state index is 13.7. The summed E-state index contributed by atoms with van der Waals surface area (Å²) in [6, 6.07) is 16.2. The third kappa shape index (κ3) is 4.73. The predicted octanol–water partition coefficient (Wildman–Crippen LogP) is 5.06. The molecule has 2 aromatic rings. The van der Waals surface area contributed by atoms with Gasteiger partial charge in [0.1, 0.15) is 11.5 Å². The molecular weight excluding hydrogens is 450 g/mol. The van der Waals surface area contributed by atoms with Crippen LogP contribution in [0.1, 0.15) is 62.1 Å². The first-order chi connectivity index (χ1) is 17.4. The molecule has 3 aliphatic rings. The van der Waals surface area contributed by atoms with Crippen molar-refractivity contribution in [3.05, 3.63) is 65.2 Å². The highest BCUT2D eigenvalue weighted by atomic mass is 16.5. The van der Waals surface area contributed by atoms with Crippen LogP contribution in [0.4, 0.5) is 0 Å². The van der Waals surface area contributed by atoms with Gasteiger partial charge in [-0.05, 0) is 87.2 Å². The number of Topliss-reactive ketones (excluding diaryl/α,β-unsaturated/α-hetero) is 1. The summed E-state index contributed by atoms with van der Waals surface area (Å²) in [6.07, 6.45) is 4.89. The van der Waals surface area contributed by atoms with Gasteiger partial charge in [0.05, 0.1) is 19.3 Å². The summed E-state index contributed by atoms with van der Waals surface area (Å²) in [6.45, 7) is 7.31. The van der Waals surface area contributed by atoms with E-state index in [1.165, 1.54) is 12.8 Å². The van der Waals surface area contributed by atoms with Gasteiger partial charge in [0.2, 0.25) is 0 Å². The van der Waals surface area contributed by atoms with E-state index < -0.39 is 11.0 Å². The smallest absolute Gasteiger partial charge is 0.137 e. The van der Waals surface area contributed by atoms with Crippen LogP contribution in [0.15, 0.2) is 48.5 Å². The zero-order valence-corrected chi connectivity index (χ0v) is 22.0. The van der Waals surface area contributed by atoms with Crippen molar-refractivity contribution in [2.75, 3.05) is 26.8 Å². The van der Waals surface area contributed by atoms with E-state index >= 15 is 0 Å². The Morgan fingerprint density at radius 1 is 1.14 bits per heavy atom. The summed E-state index contributed by atoms with van der Waals surface area (Å²) in [5.74, 6) is 1.61. The van der Waals surface area contributed by atoms with E-state index in [2.05, 4.69) is 43.0 Å². The van der Waals surface area contributed by atoms with Crippen molar-refractivity contribution in [2.45, 2.75) is 76.0 Å². The number of rotatable bonds is 9. The fraction of sp³-hybridized carbons (Fsp3) is 0.581. The van der Waals surface area contributed by atoms with Gasteiger partial charge in [0, 0.05) is 36.9 Å². The predicted molar refractivity (Wildman–Crippen MR) is 141 cm³/mol. The quantitative estimate of drug-likeness (QED) is 0.497. The Balaban J connectivity index is 1.40. The zero-order valence-electron chi connectivity index (χ0n) is 22.0. The zero-order chi connectivity index (χ0) is 25.3. The van der Waals surface area contributed by atoms with Crippen LogP contribution in [0, 0.1) is 18.8 Å². The Bertz CT molecular complexity index is 1070. The first-order valence-corrected chi connectivity index (χ1v) is 13.6. The molecule has 5 rings (SSSR count). The second-order valence-electron chi connectivity index (χ2n) is 11.4. The number of aryl methyl sites for hydroxylation is 1. The molecule has 3 fully saturated rings. The van der Waals surface area contributed by atoms with E-state index in [0.29, 0.717) is 32.5 Å². The van der Waals surface area contributed by atoms with Crippen LogP contribution in [-0.2, 0) is 21.6 Å². The summed E-state index contributed by atoms with van der Waals surface area (Å²) in [7, 11) is 1.68. The van der Waals surface area contributed by atoms with Gasteiger partial charge in [-0.25, -0.2) is 0 Å². The van der Waals surface area contributed by atoms with Gasteiger partial charge < -0.3 is 14.6 Å². The summed E-state index contributed by atoms with van der Waals surface area (Å²) in [4.78, 5) is 16.2. The molecule has 2 aromatic carbocycles. The van der Waals surface area contributed by atoms with Crippen LogP contribution in [0.25, 0.3) is 0 Å². The van der Waals surface area contributed by atoms with Crippen molar-refractivity contribution >= 4 is 5.78 Å². The number of hydrogen-bond donors (Lipinski definition) is 1. The number of nitrogens with zero attached hydrogens (tertiary/aromatic N) is 1. The maximum atomic E-state index is 13.7. The number of aliphatic hydroxyl groups is 1. The lowest BCUT2D eigenvalue weighted by Crippen LogP contribution is -2.71. The number of carbonyl (C=O) groups is 1. The molecule has 2 aliphatic carbocycles. The fourth-order valence-electron chi connectivity index (χ4n) is 6.83. The van der Waals surface area contributed by atoms with E-state index in [0.717, 1.165) is 47.9 Å². The number of ketones is 1. The van der Waals surface area contributed by atoms with Gasteiger partial charge in [-0.1, -0.05) is 36.4 Å². The van der Waals surface area contributed by atoms with E-state index in [4.69, 9.17) is 9.47 Å². The van der Waals surface area contributed by atoms with Crippen molar-refractivity contribution in [3.8, 4) is 5.75 Å². The largest absolute Gasteiger partial charge is 0.497 e. The van der Waals surface area contributed by atoms with Crippen LogP contribution < -0.4 is 4.74 Å². The molecule has 4 atom stereocenters. The van der Waals surface area contributed by atoms with Crippen LogP contribution in [0.5, 0.6) is 5.75 Å². The molecule has 1 N–H and O–H groups in total. The van der Waals surface area contributed by atoms with Gasteiger partial charge in [-0.3, -0.25) is 9.69 Å². The Hall–Kier alpha value is -2.21. The van der Waals surface area contributed by atoms with Crippen LogP contribution >= 0.6 is 0 Å². The molecule has 0 radical (unpaired) electrons. The Morgan fingerprint density at radius 3 is 2.64 bits per heavy atom. The fourth-order valence-corrected chi connectivity index (χ4v) is 6.83. The van der Waals surface area contributed by atoms with Crippen molar-refractivity contribution in [1.82, 2.24) is 4.90 Å². The molecular formula is C31H41NO4. The summed E-state index contributed by atoms with van der Waals surface area (Å²) < 4.78 is 11.5. The van der Waals surface area contributed by atoms with E-state index in [9.17, 15) is 9.90 Å². The Morgan fingerprint density at radius 2 is 1.92 bits per heavy atom. The molecule has 36 heavy (non-hydrogen) atoms. The summed E-state index contributed by atoms with van der Waals surface area (Å²) >= 11 is 0. The minimum absolute atomic E-state index is 0.0155. The average Bonchev–Trinajstić information content (AvgIpc) is 3.70. The van der Waals surface area contributed by atoms with Gasteiger partial charge >= 0.3 is 0 Å². The molecule has 1 saturated heterocycles. The highest BCUT2D eigenvalue weighted by molar-refractivity contribution is 5.84. The molecule has 5 heteroatoms. The molecule has 0 amide bonds. The summed E-state index contributed by atoms with van der Waals surface area (Å²) in [5.41, 5.74) is 1.75. The number of methoxy groups -OCH3 is 1. The Kier molecular flexibility index (Phi) is 7.26.